The summed E-state index contributed by atoms with van der Waals surface area (Å²) in [5.41, 5.74) is 2.85. The Morgan fingerprint density at radius 3 is 2.55 bits per heavy atom. The minimum Gasteiger partial charge on any atom is -0.489 e. The fourth-order valence-corrected chi connectivity index (χ4v) is 1.97. The highest BCUT2D eigenvalue weighted by Gasteiger charge is 2.15. The Morgan fingerprint density at radius 2 is 1.90 bits per heavy atom. The lowest BCUT2D eigenvalue weighted by Crippen LogP contribution is -2.09. The Labute approximate surface area is 118 Å². The van der Waals surface area contributed by atoms with Crippen LogP contribution in [-0.4, -0.2) is 21.9 Å². The maximum absolute atomic E-state index is 12.5. The zero-order chi connectivity index (χ0) is 14.7. The highest BCUT2D eigenvalue weighted by Crippen LogP contribution is 2.17. The monoisotopic (exact) mass is 270 g/mol. The van der Waals surface area contributed by atoms with Gasteiger partial charge in [0.05, 0.1) is 12.3 Å². The van der Waals surface area contributed by atoms with Crippen molar-refractivity contribution >= 4 is 5.78 Å². The molecule has 0 aliphatic rings. The topological polar surface area (TPSA) is 52.1 Å². The van der Waals surface area contributed by atoms with Crippen molar-refractivity contribution < 1.29 is 9.53 Å². The summed E-state index contributed by atoms with van der Waals surface area (Å²) in [5.74, 6) is 0.458. The van der Waals surface area contributed by atoms with Crippen LogP contribution in [0, 0.1) is 13.8 Å². The van der Waals surface area contributed by atoms with E-state index in [1.165, 1.54) is 6.20 Å². The molecule has 0 aromatic carbocycles. The van der Waals surface area contributed by atoms with Gasteiger partial charge in [0.2, 0.25) is 5.78 Å². The number of carbonyl (C=O) groups excluding carboxylic acids is 1. The van der Waals surface area contributed by atoms with Crippen LogP contribution in [0.25, 0.3) is 0 Å². The van der Waals surface area contributed by atoms with Gasteiger partial charge in [0.25, 0.3) is 0 Å². The second-order valence-electron chi connectivity index (χ2n) is 5.08. The molecule has 104 valence electrons. The molecular weight excluding hydrogens is 252 g/mol. The second kappa shape index (κ2) is 5.82. The van der Waals surface area contributed by atoms with E-state index in [9.17, 15) is 4.79 Å². The third kappa shape index (κ3) is 3.20. The molecule has 0 amide bonds. The minimum atomic E-state index is -0.135. The molecule has 0 radical (unpaired) electrons. The molecule has 0 saturated heterocycles. The first-order valence-corrected chi connectivity index (χ1v) is 6.57. The van der Waals surface area contributed by atoms with E-state index in [4.69, 9.17) is 4.74 Å². The van der Waals surface area contributed by atoms with E-state index in [2.05, 4.69) is 9.97 Å². The predicted molar refractivity (Wildman–Crippen MR) is 77.1 cm³/mol. The third-order valence-corrected chi connectivity index (χ3v) is 2.78. The summed E-state index contributed by atoms with van der Waals surface area (Å²) in [6.07, 6.45) is 4.88. The van der Waals surface area contributed by atoms with Gasteiger partial charge in [-0.25, -0.2) is 0 Å². The molecule has 4 nitrogen and oxygen atoms in total. The summed E-state index contributed by atoms with van der Waals surface area (Å²) in [6.45, 7) is 7.70. The van der Waals surface area contributed by atoms with Crippen molar-refractivity contribution in [2.75, 3.05) is 0 Å². The van der Waals surface area contributed by atoms with Crippen LogP contribution < -0.4 is 4.74 Å². The quantitative estimate of drug-likeness (QED) is 0.801. The third-order valence-electron chi connectivity index (χ3n) is 2.78. The number of aromatic nitrogens is 2. The van der Waals surface area contributed by atoms with Gasteiger partial charge in [-0.3, -0.25) is 14.8 Å². The molecule has 2 aromatic heterocycles. The molecule has 20 heavy (non-hydrogen) atoms. The molecule has 0 N–H and O–H groups in total. The Kier molecular flexibility index (Phi) is 4.13. The van der Waals surface area contributed by atoms with Crippen LogP contribution in [0.15, 0.2) is 30.7 Å². The summed E-state index contributed by atoms with van der Waals surface area (Å²) in [4.78, 5) is 20.7. The smallest absolute Gasteiger partial charge is 0.213 e. The molecule has 2 heterocycles. The van der Waals surface area contributed by atoms with Crippen LogP contribution in [0.2, 0.25) is 0 Å². The molecule has 2 aromatic rings. The standard InChI is InChI=1S/C16H18N2O2/c1-10(2)20-14-6-13(8-17-9-14)16(19)15-12(4)5-11(3)7-18-15/h5-10H,1-4H3. The molecule has 0 saturated carbocycles. The van der Waals surface area contributed by atoms with Crippen LogP contribution in [0.1, 0.15) is 41.0 Å². The predicted octanol–water partition coefficient (Wildman–Crippen LogP) is 3.11. The number of nitrogens with zero attached hydrogens (tertiary/aromatic N) is 2. The van der Waals surface area contributed by atoms with E-state index in [0.717, 1.165) is 11.1 Å². The van der Waals surface area contributed by atoms with Crippen molar-refractivity contribution in [2.45, 2.75) is 33.8 Å². The van der Waals surface area contributed by atoms with Crippen LogP contribution in [0.4, 0.5) is 0 Å². The lowest BCUT2D eigenvalue weighted by Gasteiger charge is -2.10. The Morgan fingerprint density at radius 1 is 1.15 bits per heavy atom. The number of ketones is 1. The van der Waals surface area contributed by atoms with Crippen molar-refractivity contribution in [2.24, 2.45) is 0 Å². The zero-order valence-electron chi connectivity index (χ0n) is 12.2. The molecule has 0 aliphatic carbocycles. The number of hydrogen-bond donors (Lipinski definition) is 0. The lowest BCUT2D eigenvalue weighted by atomic mass is 10.0. The van der Waals surface area contributed by atoms with Gasteiger partial charge >= 0.3 is 0 Å². The second-order valence-corrected chi connectivity index (χ2v) is 5.08. The zero-order valence-corrected chi connectivity index (χ0v) is 12.2. The van der Waals surface area contributed by atoms with Crippen molar-refractivity contribution in [3.05, 3.63) is 53.1 Å². The summed E-state index contributed by atoms with van der Waals surface area (Å²) in [7, 11) is 0. The van der Waals surface area contributed by atoms with Gasteiger partial charge in [0, 0.05) is 18.0 Å². The van der Waals surface area contributed by atoms with Gasteiger partial charge in [0.1, 0.15) is 11.4 Å². The fourth-order valence-electron chi connectivity index (χ4n) is 1.97. The largest absolute Gasteiger partial charge is 0.489 e. The maximum Gasteiger partial charge on any atom is 0.213 e. The van der Waals surface area contributed by atoms with Gasteiger partial charge in [-0.2, -0.15) is 0 Å². The van der Waals surface area contributed by atoms with Crippen LogP contribution in [-0.2, 0) is 0 Å². The number of aryl methyl sites for hydroxylation is 2. The first kappa shape index (κ1) is 14.2. The summed E-state index contributed by atoms with van der Waals surface area (Å²) >= 11 is 0. The molecule has 0 unspecified atom stereocenters. The van der Waals surface area contributed by atoms with Gasteiger partial charge in [-0.15, -0.1) is 0 Å². The molecule has 4 heteroatoms. The van der Waals surface area contributed by atoms with Crippen molar-refractivity contribution in [3.63, 3.8) is 0 Å². The SMILES string of the molecule is Cc1cnc(C(=O)c2cncc(OC(C)C)c2)c(C)c1. The number of pyridine rings is 2. The van der Waals surface area contributed by atoms with Crippen molar-refractivity contribution in [3.8, 4) is 5.75 Å². The Hall–Kier alpha value is -2.23. The normalized spacial score (nSPS) is 10.7. The summed E-state index contributed by atoms with van der Waals surface area (Å²) in [5, 5.41) is 0. The van der Waals surface area contributed by atoms with E-state index in [1.54, 1.807) is 18.5 Å². The number of rotatable bonds is 4. The first-order chi connectivity index (χ1) is 9.47. The van der Waals surface area contributed by atoms with E-state index >= 15 is 0 Å². The fraction of sp³-hybridized carbons (Fsp3) is 0.312. The number of carbonyl (C=O) groups is 1. The van der Waals surface area contributed by atoms with Crippen LogP contribution in [0.3, 0.4) is 0 Å². The Bertz CT molecular complexity index is 636. The first-order valence-electron chi connectivity index (χ1n) is 6.57. The van der Waals surface area contributed by atoms with Crippen LogP contribution in [0.5, 0.6) is 5.75 Å². The summed E-state index contributed by atoms with van der Waals surface area (Å²) < 4.78 is 5.56. The average Bonchev–Trinajstić information content (AvgIpc) is 2.37. The number of ether oxygens (including phenoxy) is 1. The maximum atomic E-state index is 12.5. The van der Waals surface area contributed by atoms with Gasteiger partial charge in [-0.1, -0.05) is 6.07 Å². The molecule has 0 atom stereocenters. The highest BCUT2D eigenvalue weighted by molar-refractivity contribution is 6.08. The molecule has 0 spiro atoms. The molecular formula is C16H18N2O2. The molecule has 0 aliphatic heterocycles. The average molecular weight is 270 g/mol. The lowest BCUT2D eigenvalue weighted by molar-refractivity contribution is 0.103. The van der Waals surface area contributed by atoms with E-state index in [1.807, 2.05) is 33.8 Å². The van der Waals surface area contributed by atoms with Crippen molar-refractivity contribution in [1.82, 2.24) is 9.97 Å². The van der Waals surface area contributed by atoms with Gasteiger partial charge in [0.15, 0.2) is 0 Å². The van der Waals surface area contributed by atoms with Crippen molar-refractivity contribution in [1.29, 1.82) is 0 Å². The van der Waals surface area contributed by atoms with E-state index in [-0.39, 0.29) is 11.9 Å². The van der Waals surface area contributed by atoms with E-state index < -0.39 is 0 Å². The minimum absolute atomic E-state index is 0.0430. The molecule has 2 rings (SSSR count). The molecule has 0 fully saturated rings. The van der Waals surface area contributed by atoms with E-state index in [0.29, 0.717) is 17.0 Å². The summed E-state index contributed by atoms with van der Waals surface area (Å²) in [6, 6.07) is 3.65. The van der Waals surface area contributed by atoms with Gasteiger partial charge < -0.3 is 4.74 Å². The molecule has 0 bridgehead atoms. The highest BCUT2D eigenvalue weighted by atomic mass is 16.5. The number of hydrogen-bond acceptors (Lipinski definition) is 4. The van der Waals surface area contributed by atoms with Gasteiger partial charge in [-0.05, 0) is 44.9 Å². The van der Waals surface area contributed by atoms with Crippen LogP contribution >= 0.6 is 0 Å². The Balaban J connectivity index is 2.33.